The van der Waals surface area contributed by atoms with E-state index in [2.05, 4.69) is 41.2 Å². The van der Waals surface area contributed by atoms with Gasteiger partial charge in [0.2, 0.25) is 0 Å². The molecule has 3 aromatic rings. The van der Waals surface area contributed by atoms with E-state index >= 15 is 0 Å². The van der Waals surface area contributed by atoms with Crippen molar-refractivity contribution in [2.75, 3.05) is 23.1 Å². The van der Waals surface area contributed by atoms with Gasteiger partial charge in [-0.3, -0.25) is 4.79 Å². The standard InChI is InChI=1S/C32H31N3O4/c1-2-3-21-39-27-17-15-25(16-18-27)34-20-8-10-24-22-23(14-19-29(24)34)9-7-13-28-30(32(37)38)33-35(31(28)36)26-11-5-4-6-12-26/h4-7,9,11-19,22H,2-3,8,10,20-21H2,1H3,(H,37,38)/b9-7+,28-13-. The summed E-state index contributed by atoms with van der Waals surface area (Å²) >= 11 is 0. The third-order valence-electron chi connectivity index (χ3n) is 6.77. The van der Waals surface area contributed by atoms with Crippen molar-refractivity contribution in [3.63, 3.8) is 0 Å². The Bertz CT molecular complexity index is 1440. The summed E-state index contributed by atoms with van der Waals surface area (Å²) in [7, 11) is 0. The largest absolute Gasteiger partial charge is 0.494 e. The number of rotatable bonds is 9. The second-order valence-electron chi connectivity index (χ2n) is 9.48. The Balaban J connectivity index is 1.32. The summed E-state index contributed by atoms with van der Waals surface area (Å²) in [6, 6.07) is 23.4. The molecule has 7 nitrogen and oxygen atoms in total. The minimum Gasteiger partial charge on any atom is -0.494 e. The highest BCUT2D eigenvalue weighted by molar-refractivity contribution is 6.52. The summed E-state index contributed by atoms with van der Waals surface area (Å²) in [4.78, 5) is 27.0. The maximum absolute atomic E-state index is 12.9. The number of hydrogen-bond acceptors (Lipinski definition) is 5. The smallest absolute Gasteiger partial charge is 0.357 e. The molecule has 1 amide bonds. The highest BCUT2D eigenvalue weighted by Gasteiger charge is 2.34. The summed E-state index contributed by atoms with van der Waals surface area (Å²) in [5, 5.41) is 14.8. The van der Waals surface area contributed by atoms with Crippen LogP contribution in [0.2, 0.25) is 0 Å². The zero-order valence-corrected chi connectivity index (χ0v) is 21.9. The maximum atomic E-state index is 12.9. The van der Waals surface area contributed by atoms with Gasteiger partial charge >= 0.3 is 5.97 Å². The minimum absolute atomic E-state index is 0.0499. The van der Waals surface area contributed by atoms with Crippen molar-refractivity contribution in [2.24, 2.45) is 5.10 Å². The van der Waals surface area contributed by atoms with Crippen LogP contribution in [0.3, 0.4) is 0 Å². The van der Waals surface area contributed by atoms with Gasteiger partial charge in [-0.15, -0.1) is 0 Å². The lowest BCUT2D eigenvalue weighted by Crippen LogP contribution is -2.24. The van der Waals surface area contributed by atoms with Gasteiger partial charge < -0.3 is 14.7 Å². The van der Waals surface area contributed by atoms with E-state index in [9.17, 15) is 14.7 Å². The summed E-state index contributed by atoms with van der Waals surface area (Å²) in [5.41, 5.74) is 4.85. The number of carboxylic acid groups (broad SMARTS) is 1. The number of amides is 1. The van der Waals surface area contributed by atoms with Crippen LogP contribution in [0.4, 0.5) is 17.1 Å². The third kappa shape index (κ3) is 5.77. The highest BCUT2D eigenvalue weighted by atomic mass is 16.5. The van der Waals surface area contributed by atoms with Crippen LogP contribution in [0, 0.1) is 0 Å². The fourth-order valence-electron chi connectivity index (χ4n) is 4.77. The van der Waals surface area contributed by atoms with Gasteiger partial charge in [-0.25, -0.2) is 4.79 Å². The van der Waals surface area contributed by atoms with Crippen LogP contribution < -0.4 is 14.6 Å². The van der Waals surface area contributed by atoms with E-state index in [1.54, 1.807) is 30.3 Å². The van der Waals surface area contributed by atoms with Crippen molar-refractivity contribution < 1.29 is 19.4 Å². The fraction of sp³-hybridized carbons (Fsp3) is 0.219. The van der Waals surface area contributed by atoms with E-state index in [1.807, 2.05) is 30.3 Å². The number of unbranched alkanes of at least 4 members (excludes halogenated alkanes) is 1. The summed E-state index contributed by atoms with van der Waals surface area (Å²) in [6.45, 7) is 3.83. The first kappa shape index (κ1) is 26.0. The summed E-state index contributed by atoms with van der Waals surface area (Å²) in [5.74, 6) is -0.815. The van der Waals surface area contributed by atoms with Gasteiger partial charge in [-0.1, -0.05) is 49.8 Å². The second kappa shape index (κ2) is 11.8. The van der Waals surface area contributed by atoms with E-state index in [0.717, 1.165) is 60.8 Å². The fourth-order valence-corrected chi connectivity index (χ4v) is 4.77. The van der Waals surface area contributed by atoms with E-state index in [-0.39, 0.29) is 11.3 Å². The number of carboxylic acids is 1. The number of aryl methyl sites for hydroxylation is 1. The number of ether oxygens (including phenoxy) is 1. The average Bonchev–Trinajstić information content (AvgIpc) is 3.30. The molecule has 0 bridgehead atoms. The predicted molar refractivity (Wildman–Crippen MR) is 155 cm³/mol. The number of fused-ring (bicyclic) bond motifs is 1. The van der Waals surface area contributed by atoms with Crippen molar-refractivity contribution in [1.82, 2.24) is 0 Å². The second-order valence-corrected chi connectivity index (χ2v) is 9.48. The zero-order chi connectivity index (χ0) is 27.2. The van der Waals surface area contributed by atoms with Crippen molar-refractivity contribution >= 4 is 40.7 Å². The van der Waals surface area contributed by atoms with Crippen LogP contribution >= 0.6 is 0 Å². The lowest BCUT2D eigenvalue weighted by Gasteiger charge is -2.31. The first-order valence-electron chi connectivity index (χ1n) is 13.3. The van der Waals surface area contributed by atoms with Crippen molar-refractivity contribution in [3.8, 4) is 5.75 Å². The Hall–Kier alpha value is -4.65. The van der Waals surface area contributed by atoms with Crippen LogP contribution in [0.1, 0.15) is 37.3 Å². The van der Waals surface area contributed by atoms with Gasteiger partial charge in [0.05, 0.1) is 17.9 Å². The Morgan fingerprint density at radius 2 is 1.85 bits per heavy atom. The lowest BCUT2D eigenvalue weighted by atomic mass is 9.98. The van der Waals surface area contributed by atoms with E-state index < -0.39 is 11.9 Å². The molecule has 0 radical (unpaired) electrons. The first-order chi connectivity index (χ1) is 19.0. The molecular formula is C32H31N3O4. The minimum atomic E-state index is -1.24. The molecule has 0 atom stereocenters. The molecule has 0 fully saturated rings. The Labute approximate surface area is 228 Å². The monoisotopic (exact) mass is 521 g/mol. The molecule has 2 heterocycles. The first-order valence-corrected chi connectivity index (χ1v) is 13.3. The molecule has 0 aromatic heterocycles. The molecule has 2 aliphatic heterocycles. The molecule has 5 rings (SSSR count). The number of aliphatic carboxylic acids is 1. The third-order valence-corrected chi connectivity index (χ3v) is 6.77. The Morgan fingerprint density at radius 1 is 1.05 bits per heavy atom. The van der Waals surface area contributed by atoms with Crippen molar-refractivity contribution in [1.29, 1.82) is 0 Å². The molecule has 0 unspecified atom stereocenters. The van der Waals surface area contributed by atoms with Crippen LogP contribution in [0.15, 0.2) is 95.6 Å². The van der Waals surface area contributed by atoms with Gasteiger partial charge in [-0.05, 0) is 85.0 Å². The summed E-state index contributed by atoms with van der Waals surface area (Å²) in [6.07, 6.45) is 9.29. The number of carbonyl (C=O) groups excluding carboxylic acids is 1. The molecule has 3 aromatic carbocycles. The Kier molecular flexibility index (Phi) is 7.87. The van der Waals surface area contributed by atoms with Gasteiger partial charge in [0.15, 0.2) is 5.71 Å². The van der Waals surface area contributed by atoms with Gasteiger partial charge in [0, 0.05) is 17.9 Å². The molecule has 0 spiro atoms. The number of hydrogen-bond donors (Lipinski definition) is 1. The van der Waals surface area contributed by atoms with Gasteiger partial charge in [0.25, 0.3) is 5.91 Å². The van der Waals surface area contributed by atoms with Gasteiger partial charge in [0.1, 0.15) is 5.75 Å². The number of allylic oxidation sites excluding steroid dienone is 2. The molecular weight excluding hydrogens is 490 g/mol. The number of para-hydroxylation sites is 1. The predicted octanol–water partition coefficient (Wildman–Crippen LogP) is 6.38. The van der Waals surface area contributed by atoms with Crippen LogP contribution in [-0.2, 0) is 16.0 Å². The molecule has 0 aliphatic carbocycles. The van der Waals surface area contributed by atoms with Gasteiger partial charge in [-0.2, -0.15) is 10.1 Å². The molecule has 0 saturated heterocycles. The Morgan fingerprint density at radius 3 is 2.59 bits per heavy atom. The van der Waals surface area contributed by atoms with Crippen LogP contribution in [-0.4, -0.2) is 35.8 Å². The average molecular weight is 522 g/mol. The molecule has 7 heteroatoms. The normalized spacial score (nSPS) is 16.1. The highest BCUT2D eigenvalue weighted by Crippen LogP contribution is 2.35. The molecule has 0 saturated carbocycles. The van der Waals surface area contributed by atoms with E-state index in [0.29, 0.717) is 5.69 Å². The number of carbonyl (C=O) groups is 2. The molecule has 1 N–H and O–H groups in total. The van der Waals surface area contributed by atoms with E-state index in [1.165, 1.54) is 17.3 Å². The van der Waals surface area contributed by atoms with Crippen molar-refractivity contribution in [3.05, 3.63) is 102 Å². The van der Waals surface area contributed by atoms with Crippen molar-refractivity contribution in [2.45, 2.75) is 32.6 Å². The number of benzene rings is 3. The molecule has 198 valence electrons. The number of hydrazone groups is 1. The maximum Gasteiger partial charge on any atom is 0.357 e. The van der Waals surface area contributed by atoms with Crippen LogP contribution in [0.25, 0.3) is 6.08 Å². The number of nitrogens with zero attached hydrogens (tertiary/aromatic N) is 3. The SMILES string of the molecule is CCCCOc1ccc(N2CCCc3cc(/C=C/C=C4\C(=O)N(c5ccccc5)N=C4C(=O)O)ccc32)cc1. The topological polar surface area (TPSA) is 82.4 Å². The number of anilines is 3. The zero-order valence-electron chi connectivity index (χ0n) is 21.9. The van der Waals surface area contributed by atoms with E-state index in [4.69, 9.17) is 4.74 Å². The lowest BCUT2D eigenvalue weighted by molar-refractivity contribution is -0.129. The molecule has 39 heavy (non-hydrogen) atoms. The van der Waals surface area contributed by atoms with Crippen LogP contribution in [0.5, 0.6) is 5.75 Å². The molecule has 2 aliphatic rings. The quantitative estimate of drug-likeness (QED) is 0.261. The summed E-state index contributed by atoms with van der Waals surface area (Å²) < 4.78 is 5.81.